The number of carbonyl (C=O) groups excluding carboxylic acids is 2. The van der Waals surface area contributed by atoms with Crippen molar-refractivity contribution in [3.63, 3.8) is 0 Å². The summed E-state index contributed by atoms with van der Waals surface area (Å²) in [4.78, 5) is 23.8. The van der Waals surface area contributed by atoms with E-state index in [1.807, 2.05) is 32.0 Å². The van der Waals surface area contributed by atoms with Crippen LogP contribution in [0, 0.1) is 5.92 Å². The average molecular weight is 399 g/mol. The molecule has 0 fully saturated rings. The third-order valence-electron chi connectivity index (χ3n) is 4.61. The predicted molar refractivity (Wildman–Crippen MR) is 107 cm³/mol. The van der Waals surface area contributed by atoms with Gasteiger partial charge in [0.1, 0.15) is 24.7 Å². The van der Waals surface area contributed by atoms with Crippen LogP contribution in [0.1, 0.15) is 35.8 Å². The van der Waals surface area contributed by atoms with Crippen molar-refractivity contribution in [2.45, 2.75) is 19.9 Å². The van der Waals surface area contributed by atoms with Gasteiger partial charge >= 0.3 is 0 Å². The molecule has 0 unspecified atom stereocenters. The summed E-state index contributed by atoms with van der Waals surface area (Å²) in [6.07, 6.45) is 0.669. The first-order valence-corrected chi connectivity index (χ1v) is 9.46. The highest BCUT2D eigenvalue weighted by Gasteiger charge is 2.22. The molecule has 0 spiro atoms. The molecule has 1 aliphatic heterocycles. The number of rotatable bonds is 8. The Morgan fingerprint density at radius 3 is 2.59 bits per heavy atom. The molecule has 1 amide bonds. The number of hydrogen-bond donors (Lipinski definition) is 1. The second-order valence-corrected chi connectivity index (χ2v) is 7.00. The van der Waals surface area contributed by atoms with Gasteiger partial charge in [-0.25, -0.2) is 0 Å². The van der Waals surface area contributed by atoms with Crippen LogP contribution in [0.2, 0.25) is 0 Å². The van der Waals surface area contributed by atoms with Crippen molar-refractivity contribution in [3.8, 4) is 23.0 Å². The van der Waals surface area contributed by atoms with Gasteiger partial charge in [0.25, 0.3) is 5.91 Å². The summed E-state index contributed by atoms with van der Waals surface area (Å²) in [5, 5.41) is 3.00. The minimum absolute atomic E-state index is 0.146. The number of aldehydes is 1. The molecule has 1 aliphatic rings. The summed E-state index contributed by atoms with van der Waals surface area (Å²) in [7, 11) is 1.52. The molecule has 0 saturated heterocycles. The monoisotopic (exact) mass is 399 g/mol. The highest BCUT2D eigenvalue weighted by Crippen LogP contribution is 2.34. The molecule has 154 valence electrons. The first-order valence-electron chi connectivity index (χ1n) is 9.46. The van der Waals surface area contributed by atoms with Crippen LogP contribution in [0.25, 0.3) is 0 Å². The minimum Gasteiger partial charge on any atom is -0.497 e. The fourth-order valence-corrected chi connectivity index (χ4v) is 3.12. The largest absolute Gasteiger partial charge is 0.497 e. The van der Waals surface area contributed by atoms with Crippen molar-refractivity contribution in [3.05, 3.63) is 47.5 Å². The fraction of sp³-hybridized carbons (Fsp3) is 0.364. The Labute approximate surface area is 169 Å². The fourth-order valence-electron chi connectivity index (χ4n) is 3.12. The highest BCUT2D eigenvalue weighted by atomic mass is 16.6. The van der Waals surface area contributed by atoms with Crippen molar-refractivity contribution in [1.82, 2.24) is 5.32 Å². The van der Waals surface area contributed by atoms with Gasteiger partial charge in [-0.3, -0.25) is 9.59 Å². The topological polar surface area (TPSA) is 83.1 Å². The van der Waals surface area contributed by atoms with Crippen molar-refractivity contribution in [2.24, 2.45) is 5.92 Å². The van der Waals surface area contributed by atoms with E-state index in [2.05, 4.69) is 5.32 Å². The number of ether oxygens (including phenoxy) is 4. The first-order chi connectivity index (χ1) is 14.0. The third-order valence-corrected chi connectivity index (χ3v) is 4.61. The zero-order valence-electron chi connectivity index (χ0n) is 16.8. The first kappa shape index (κ1) is 20.5. The van der Waals surface area contributed by atoms with Gasteiger partial charge in [0.15, 0.2) is 24.4 Å². The van der Waals surface area contributed by atoms with E-state index in [4.69, 9.17) is 18.9 Å². The Morgan fingerprint density at radius 1 is 1.14 bits per heavy atom. The molecule has 7 heteroatoms. The Morgan fingerprint density at radius 2 is 1.90 bits per heavy atom. The van der Waals surface area contributed by atoms with Crippen molar-refractivity contribution in [1.29, 1.82) is 0 Å². The van der Waals surface area contributed by atoms with E-state index in [1.54, 1.807) is 18.2 Å². The summed E-state index contributed by atoms with van der Waals surface area (Å²) >= 11 is 0. The SMILES string of the molecule is COc1ccc(OCC(=O)N[C@H](c2ccc3c(c2)OCCO3)C(C)C)c(C=O)c1. The van der Waals surface area contributed by atoms with Gasteiger partial charge in [0.2, 0.25) is 0 Å². The molecule has 0 aliphatic carbocycles. The van der Waals surface area contributed by atoms with Gasteiger partial charge in [-0.05, 0) is 41.8 Å². The molecule has 7 nitrogen and oxygen atoms in total. The number of hydrogen-bond acceptors (Lipinski definition) is 6. The molecule has 1 atom stereocenters. The Hall–Kier alpha value is -3.22. The van der Waals surface area contributed by atoms with E-state index in [1.165, 1.54) is 7.11 Å². The molecule has 2 aromatic carbocycles. The standard InChI is InChI=1S/C22H25NO6/c1-14(2)22(15-4-6-19-20(11-15)28-9-8-27-19)23-21(25)13-29-18-7-5-17(26-3)10-16(18)12-24/h4-7,10-12,14,22H,8-9,13H2,1-3H3,(H,23,25)/t22-/m0/s1. The third kappa shape index (κ3) is 4.99. The van der Waals surface area contributed by atoms with Crippen molar-refractivity contribution >= 4 is 12.2 Å². The number of nitrogens with one attached hydrogen (secondary N) is 1. The van der Waals surface area contributed by atoms with E-state index in [9.17, 15) is 9.59 Å². The maximum atomic E-state index is 12.5. The second kappa shape index (κ2) is 9.32. The van der Waals surface area contributed by atoms with E-state index in [-0.39, 0.29) is 24.5 Å². The Kier molecular flexibility index (Phi) is 6.59. The number of amides is 1. The molecule has 1 heterocycles. The van der Waals surface area contributed by atoms with E-state index < -0.39 is 0 Å². The molecule has 29 heavy (non-hydrogen) atoms. The highest BCUT2D eigenvalue weighted by molar-refractivity contribution is 5.81. The molecular formula is C22H25NO6. The van der Waals surface area contributed by atoms with E-state index >= 15 is 0 Å². The van der Waals surface area contributed by atoms with Gasteiger partial charge < -0.3 is 24.3 Å². The summed E-state index contributed by atoms with van der Waals surface area (Å²) in [6, 6.07) is 10.3. The van der Waals surface area contributed by atoms with Gasteiger partial charge in [-0.1, -0.05) is 19.9 Å². The van der Waals surface area contributed by atoms with Crippen LogP contribution in [-0.2, 0) is 4.79 Å². The molecule has 0 radical (unpaired) electrons. The smallest absolute Gasteiger partial charge is 0.258 e. The van der Waals surface area contributed by atoms with Crippen LogP contribution in [-0.4, -0.2) is 39.1 Å². The van der Waals surface area contributed by atoms with Gasteiger partial charge in [-0.15, -0.1) is 0 Å². The average Bonchev–Trinajstić information content (AvgIpc) is 2.75. The van der Waals surface area contributed by atoms with E-state index in [0.29, 0.717) is 48.1 Å². The van der Waals surface area contributed by atoms with Crippen molar-refractivity contribution in [2.75, 3.05) is 26.9 Å². The van der Waals surface area contributed by atoms with Gasteiger partial charge in [0.05, 0.1) is 18.7 Å². The van der Waals surface area contributed by atoms with Gasteiger partial charge in [0, 0.05) is 0 Å². The zero-order chi connectivity index (χ0) is 20.8. The number of methoxy groups -OCH3 is 1. The predicted octanol–water partition coefficient (Wildman–Crippen LogP) is 3.17. The van der Waals surface area contributed by atoms with E-state index in [0.717, 1.165) is 5.56 Å². The van der Waals surface area contributed by atoms with Gasteiger partial charge in [-0.2, -0.15) is 0 Å². The molecule has 1 N–H and O–H groups in total. The van der Waals surface area contributed by atoms with Crippen LogP contribution in [0.15, 0.2) is 36.4 Å². The van der Waals surface area contributed by atoms with Crippen LogP contribution in [0.4, 0.5) is 0 Å². The lowest BCUT2D eigenvalue weighted by molar-refractivity contribution is -0.124. The summed E-state index contributed by atoms with van der Waals surface area (Å²) in [5.74, 6) is 2.12. The normalized spacial score (nSPS) is 13.5. The Balaban J connectivity index is 1.67. The van der Waals surface area contributed by atoms with Crippen LogP contribution >= 0.6 is 0 Å². The number of benzene rings is 2. The quantitative estimate of drug-likeness (QED) is 0.687. The molecule has 2 aromatic rings. The molecular weight excluding hydrogens is 374 g/mol. The lowest BCUT2D eigenvalue weighted by Crippen LogP contribution is -2.35. The molecule has 3 rings (SSSR count). The number of carbonyl (C=O) groups is 2. The summed E-state index contributed by atoms with van der Waals surface area (Å²) in [6.45, 7) is 4.88. The van der Waals surface area contributed by atoms with Crippen LogP contribution in [0.3, 0.4) is 0 Å². The minimum atomic E-state index is -0.286. The molecule has 0 saturated carbocycles. The lowest BCUT2D eigenvalue weighted by Gasteiger charge is -2.25. The summed E-state index contributed by atoms with van der Waals surface area (Å²) in [5.41, 5.74) is 1.25. The molecule has 0 aromatic heterocycles. The van der Waals surface area contributed by atoms with Crippen molar-refractivity contribution < 1.29 is 28.5 Å². The number of fused-ring (bicyclic) bond motifs is 1. The Bertz CT molecular complexity index is 880. The van der Waals surface area contributed by atoms with Crippen LogP contribution in [0.5, 0.6) is 23.0 Å². The maximum absolute atomic E-state index is 12.5. The lowest BCUT2D eigenvalue weighted by atomic mass is 9.95. The molecule has 0 bridgehead atoms. The second-order valence-electron chi connectivity index (χ2n) is 7.00. The maximum Gasteiger partial charge on any atom is 0.258 e. The summed E-state index contributed by atoms with van der Waals surface area (Å²) < 4.78 is 21.8. The van der Waals surface area contributed by atoms with Crippen LogP contribution < -0.4 is 24.3 Å². The zero-order valence-corrected chi connectivity index (χ0v) is 16.8.